The molecule has 2 aromatic rings. The van der Waals surface area contributed by atoms with Gasteiger partial charge in [-0.05, 0) is 49.3 Å². The molecule has 0 aliphatic rings. The normalized spacial score (nSPS) is 11.3. The number of rotatable bonds is 12. The number of benzene rings is 1. The Morgan fingerprint density at radius 1 is 1.08 bits per heavy atom. The molecule has 1 aromatic heterocycles. The summed E-state index contributed by atoms with van der Waals surface area (Å²) in [6.07, 6.45) is 14.5. The quantitative estimate of drug-likeness (QED) is 0.336. The molecule has 140 valence electrons. The van der Waals surface area contributed by atoms with Gasteiger partial charge in [0.2, 0.25) is 0 Å². The average molecular weight is 354 g/mol. The van der Waals surface area contributed by atoms with Gasteiger partial charge in [-0.3, -0.25) is 0 Å². The van der Waals surface area contributed by atoms with Crippen molar-refractivity contribution in [2.45, 2.75) is 58.3 Å². The highest BCUT2D eigenvalue weighted by Crippen LogP contribution is 2.20. The van der Waals surface area contributed by atoms with Crippen LogP contribution in [0, 0.1) is 0 Å². The van der Waals surface area contributed by atoms with Crippen LogP contribution in [0.5, 0.6) is 5.75 Å². The minimum absolute atomic E-state index is 0.275. The second-order valence-electron chi connectivity index (χ2n) is 6.53. The van der Waals surface area contributed by atoms with Crippen LogP contribution in [0.3, 0.4) is 0 Å². The Morgan fingerprint density at radius 2 is 1.92 bits per heavy atom. The fraction of sp³-hybridized carbons (Fsp3) is 0.435. The average Bonchev–Trinajstić information content (AvgIpc) is 2.65. The highest BCUT2D eigenvalue weighted by molar-refractivity contribution is 5.82. The molecule has 0 bridgehead atoms. The monoisotopic (exact) mass is 354 g/mol. The van der Waals surface area contributed by atoms with Gasteiger partial charge >= 0.3 is 5.63 Å². The summed E-state index contributed by atoms with van der Waals surface area (Å²) in [6, 6.07) is 7.62. The number of aryl methyl sites for hydroxylation is 1. The van der Waals surface area contributed by atoms with Crippen LogP contribution >= 0.6 is 0 Å². The van der Waals surface area contributed by atoms with Crippen LogP contribution in [-0.4, -0.2) is 6.61 Å². The van der Waals surface area contributed by atoms with Gasteiger partial charge in [-0.1, -0.05) is 50.5 Å². The Labute approximate surface area is 156 Å². The summed E-state index contributed by atoms with van der Waals surface area (Å²) in [4.78, 5) is 12.3. The zero-order chi connectivity index (χ0) is 18.6. The third-order valence-electron chi connectivity index (χ3n) is 4.32. The van der Waals surface area contributed by atoms with Crippen molar-refractivity contribution < 1.29 is 9.15 Å². The summed E-state index contributed by atoms with van der Waals surface area (Å²) >= 11 is 0. The first-order chi connectivity index (χ1) is 12.7. The molecule has 0 unspecified atom stereocenters. The lowest BCUT2D eigenvalue weighted by atomic mass is 10.1. The van der Waals surface area contributed by atoms with Gasteiger partial charge in [0.15, 0.2) is 0 Å². The summed E-state index contributed by atoms with van der Waals surface area (Å²) in [5.41, 5.74) is -0.275. The predicted molar refractivity (Wildman–Crippen MR) is 109 cm³/mol. The van der Waals surface area contributed by atoms with Crippen LogP contribution in [-0.2, 0) is 6.42 Å². The van der Waals surface area contributed by atoms with Gasteiger partial charge in [-0.15, -0.1) is 6.58 Å². The van der Waals surface area contributed by atoms with Gasteiger partial charge in [0.05, 0.1) is 12.0 Å². The number of hydrogen-bond acceptors (Lipinski definition) is 3. The molecule has 3 heteroatoms. The molecular formula is C23H30O3. The van der Waals surface area contributed by atoms with E-state index in [1.54, 1.807) is 6.07 Å². The van der Waals surface area contributed by atoms with Crippen molar-refractivity contribution in [3.63, 3.8) is 0 Å². The first kappa shape index (κ1) is 20.0. The van der Waals surface area contributed by atoms with Crippen LogP contribution < -0.4 is 10.4 Å². The number of fused-ring (bicyclic) bond motifs is 1. The van der Waals surface area contributed by atoms with Crippen molar-refractivity contribution in [3.8, 4) is 5.75 Å². The maximum atomic E-state index is 12.3. The molecule has 0 aliphatic heterocycles. The highest BCUT2D eigenvalue weighted by Gasteiger charge is 2.06. The molecule has 0 atom stereocenters. The molecular weight excluding hydrogens is 324 g/mol. The van der Waals surface area contributed by atoms with E-state index >= 15 is 0 Å². The molecule has 1 aromatic carbocycles. The second kappa shape index (κ2) is 11.3. The summed E-state index contributed by atoms with van der Waals surface area (Å²) in [6.45, 7) is 6.49. The SMILES string of the molecule is C=CCC/C=C/CCOc1ccc2cc(CCCCCC)oc(=O)c2c1. The van der Waals surface area contributed by atoms with Crippen molar-refractivity contribution in [1.29, 1.82) is 0 Å². The summed E-state index contributed by atoms with van der Waals surface area (Å²) < 4.78 is 11.2. The minimum Gasteiger partial charge on any atom is -0.493 e. The van der Waals surface area contributed by atoms with Crippen molar-refractivity contribution in [3.05, 3.63) is 65.3 Å². The Balaban J connectivity index is 1.93. The largest absolute Gasteiger partial charge is 0.493 e. The zero-order valence-electron chi connectivity index (χ0n) is 15.8. The Bertz CT molecular complexity index is 771. The molecule has 0 amide bonds. The highest BCUT2D eigenvalue weighted by atomic mass is 16.5. The molecule has 0 spiro atoms. The zero-order valence-corrected chi connectivity index (χ0v) is 15.8. The maximum absolute atomic E-state index is 12.3. The van der Waals surface area contributed by atoms with E-state index in [9.17, 15) is 4.79 Å². The summed E-state index contributed by atoms with van der Waals surface area (Å²) in [5, 5.41) is 1.50. The van der Waals surface area contributed by atoms with E-state index in [1.807, 2.05) is 24.3 Å². The Hall–Kier alpha value is -2.29. The van der Waals surface area contributed by atoms with Gasteiger partial charge in [0.1, 0.15) is 11.5 Å². The van der Waals surface area contributed by atoms with Crippen molar-refractivity contribution >= 4 is 10.8 Å². The van der Waals surface area contributed by atoms with Gasteiger partial charge in [-0.25, -0.2) is 4.79 Å². The lowest BCUT2D eigenvalue weighted by Crippen LogP contribution is -2.03. The van der Waals surface area contributed by atoms with Crippen LogP contribution in [0.4, 0.5) is 0 Å². The van der Waals surface area contributed by atoms with Gasteiger partial charge in [0.25, 0.3) is 0 Å². The number of allylic oxidation sites excluding steroid dienone is 2. The lowest BCUT2D eigenvalue weighted by molar-refractivity contribution is 0.325. The van der Waals surface area contributed by atoms with Crippen LogP contribution in [0.25, 0.3) is 10.8 Å². The smallest absolute Gasteiger partial charge is 0.343 e. The van der Waals surface area contributed by atoms with Gasteiger partial charge in [0, 0.05) is 6.42 Å². The first-order valence-electron chi connectivity index (χ1n) is 9.70. The van der Waals surface area contributed by atoms with Crippen molar-refractivity contribution in [2.24, 2.45) is 0 Å². The van der Waals surface area contributed by atoms with E-state index in [4.69, 9.17) is 9.15 Å². The van der Waals surface area contributed by atoms with E-state index in [0.717, 1.165) is 43.3 Å². The molecule has 3 nitrogen and oxygen atoms in total. The number of ether oxygens (including phenoxy) is 1. The van der Waals surface area contributed by atoms with Crippen LogP contribution in [0.2, 0.25) is 0 Å². The lowest BCUT2D eigenvalue weighted by Gasteiger charge is -2.07. The van der Waals surface area contributed by atoms with E-state index in [0.29, 0.717) is 17.7 Å². The molecule has 0 fully saturated rings. The number of unbranched alkanes of at least 4 members (excludes halogenated alkanes) is 4. The topological polar surface area (TPSA) is 39.4 Å². The van der Waals surface area contributed by atoms with Crippen LogP contribution in [0.15, 0.2) is 58.3 Å². The molecule has 2 rings (SSSR count). The minimum atomic E-state index is -0.275. The Kier molecular flexibility index (Phi) is 8.74. The van der Waals surface area contributed by atoms with E-state index < -0.39 is 0 Å². The molecule has 0 radical (unpaired) electrons. The van der Waals surface area contributed by atoms with Gasteiger partial charge in [-0.2, -0.15) is 0 Å². The molecule has 0 saturated carbocycles. The summed E-state index contributed by atoms with van der Waals surface area (Å²) in [7, 11) is 0. The summed E-state index contributed by atoms with van der Waals surface area (Å²) in [5.74, 6) is 1.48. The van der Waals surface area contributed by atoms with E-state index in [-0.39, 0.29) is 5.63 Å². The van der Waals surface area contributed by atoms with Crippen LogP contribution in [0.1, 0.15) is 57.6 Å². The fourth-order valence-electron chi connectivity index (χ4n) is 2.85. The third-order valence-corrected chi connectivity index (χ3v) is 4.32. The molecule has 0 aliphatic carbocycles. The fourth-order valence-corrected chi connectivity index (χ4v) is 2.85. The second-order valence-corrected chi connectivity index (χ2v) is 6.53. The first-order valence-corrected chi connectivity index (χ1v) is 9.70. The van der Waals surface area contributed by atoms with Crippen molar-refractivity contribution in [2.75, 3.05) is 6.61 Å². The van der Waals surface area contributed by atoms with E-state index in [2.05, 4.69) is 25.7 Å². The van der Waals surface area contributed by atoms with Crippen molar-refractivity contribution in [1.82, 2.24) is 0 Å². The standard InChI is InChI=1S/C23H30O3/c1-3-5-7-9-10-12-16-25-20-15-14-19-17-21(13-11-8-6-4-2)26-23(24)22(19)18-20/h3,9-10,14-15,17-18H,1,4-8,11-13,16H2,2H3/b10-9+. The predicted octanol–water partition coefficient (Wildman–Crippen LogP) is 6.21. The number of hydrogen-bond donors (Lipinski definition) is 0. The molecule has 1 heterocycles. The third kappa shape index (κ3) is 6.55. The maximum Gasteiger partial charge on any atom is 0.343 e. The van der Waals surface area contributed by atoms with E-state index in [1.165, 1.54) is 19.3 Å². The Morgan fingerprint density at radius 3 is 2.73 bits per heavy atom. The molecule has 26 heavy (non-hydrogen) atoms. The van der Waals surface area contributed by atoms with Gasteiger partial charge < -0.3 is 9.15 Å². The molecule has 0 N–H and O–H groups in total. The molecule has 0 saturated heterocycles.